The molecular weight excluding hydrogens is 436 g/mol. The van der Waals surface area contributed by atoms with Gasteiger partial charge in [0.1, 0.15) is 5.15 Å². The van der Waals surface area contributed by atoms with E-state index >= 15 is 0 Å². The molecule has 3 rings (SSSR count). The van der Waals surface area contributed by atoms with Gasteiger partial charge in [-0.1, -0.05) is 87.7 Å². The van der Waals surface area contributed by atoms with E-state index in [-0.39, 0.29) is 11.3 Å². The molecular formula is C27H33ClN2O3. The number of imidazole rings is 1. The summed E-state index contributed by atoms with van der Waals surface area (Å²) < 4.78 is 3.52. The fourth-order valence-corrected chi connectivity index (χ4v) is 4.40. The maximum Gasteiger partial charge on any atom is 0.336 e. The van der Waals surface area contributed by atoms with Crippen LogP contribution in [0.4, 0.5) is 0 Å². The molecule has 0 atom stereocenters. The minimum atomic E-state index is -0.949. The van der Waals surface area contributed by atoms with Crippen LogP contribution >= 0.6 is 11.6 Å². The Morgan fingerprint density at radius 2 is 1.73 bits per heavy atom. The lowest BCUT2D eigenvalue weighted by Gasteiger charge is -2.11. The Balaban J connectivity index is 1.91. The molecule has 6 heteroatoms. The summed E-state index contributed by atoms with van der Waals surface area (Å²) in [6.45, 7) is 7.55. The molecule has 0 aliphatic carbocycles. The number of rotatable bonds is 11. The summed E-state index contributed by atoms with van der Waals surface area (Å²) in [5.74, 6) is -0.434. The molecule has 0 spiro atoms. The van der Waals surface area contributed by atoms with Crippen molar-refractivity contribution < 1.29 is 9.90 Å². The van der Waals surface area contributed by atoms with Gasteiger partial charge in [0.15, 0.2) is 0 Å². The Kier molecular flexibility index (Phi) is 8.56. The van der Waals surface area contributed by atoms with Crippen molar-refractivity contribution >= 4 is 17.6 Å². The Bertz CT molecular complexity index is 1140. The Morgan fingerprint density at radius 1 is 1.03 bits per heavy atom. The highest BCUT2D eigenvalue weighted by atomic mass is 35.5. The number of carbonyl (C=O) groups is 1. The zero-order chi connectivity index (χ0) is 24.0. The average Bonchev–Trinajstić information content (AvgIpc) is 3.02. The Morgan fingerprint density at radius 3 is 2.36 bits per heavy atom. The molecule has 33 heavy (non-hydrogen) atoms. The molecule has 3 aromatic rings. The van der Waals surface area contributed by atoms with E-state index in [2.05, 4.69) is 20.8 Å². The Hall–Kier alpha value is -2.79. The maximum absolute atomic E-state index is 13.2. The minimum Gasteiger partial charge on any atom is -0.478 e. The number of halogens is 1. The van der Waals surface area contributed by atoms with Crippen molar-refractivity contribution in [1.29, 1.82) is 0 Å². The second kappa shape index (κ2) is 11.4. The van der Waals surface area contributed by atoms with Gasteiger partial charge in [0, 0.05) is 6.54 Å². The third-order valence-corrected chi connectivity index (χ3v) is 6.39. The molecule has 0 fully saturated rings. The summed E-state index contributed by atoms with van der Waals surface area (Å²) in [6, 6.07) is 14.7. The van der Waals surface area contributed by atoms with Gasteiger partial charge in [-0.3, -0.25) is 9.13 Å². The van der Waals surface area contributed by atoms with Crippen molar-refractivity contribution in [2.24, 2.45) is 5.92 Å². The summed E-state index contributed by atoms with van der Waals surface area (Å²) in [5, 5.41) is 10.0. The number of aromatic nitrogens is 2. The van der Waals surface area contributed by atoms with Crippen LogP contribution < -0.4 is 5.69 Å². The van der Waals surface area contributed by atoms with Gasteiger partial charge in [0.05, 0.1) is 17.8 Å². The second-order valence-corrected chi connectivity index (χ2v) is 9.30. The van der Waals surface area contributed by atoms with E-state index in [0.717, 1.165) is 48.9 Å². The number of nitrogens with zero attached hydrogens (tertiary/aromatic N) is 2. The molecule has 0 aliphatic heterocycles. The number of hydrogen-bond acceptors (Lipinski definition) is 2. The standard InChI is InChI=1S/C27H33ClN2O3/c1-4-5-8-17-29-25(28)24(16-11-19(2)3)30(27(29)33)18-20-12-14-21(15-13-20)22-9-6-7-10-23(22)26(31)32/h6-7,9-10,12-15,19H,4-5,8,11,16-18H2,1-3H3,(H,31,32). The predicted molar refractivity (Wildman–Crippen MR) is 134 cm³/mol. The molecule has 0 saturated carbocycles. The fraction of sp³-hybridized carbons (Fsp3) is 0.407. The third-order valence-electron chi connectivity index (χ3n) is 5.97. The van der Waals surface area contributed by atoms with E-state index in [0.29, 0.717) is 29.7 Å². The molecule has 5 nitrogen and oxygen atoms in total. The van der Waals surface area contributed by atoms with Gasteiger partial charge in [-0.05, 0) is 47.9 Å². The average molecular weight is 469 g/mol. The van der Waals surface area contributed by atoms with Crippen LogP contribution in [-0.2, 0) is 19.5 Å². The lowest BCUT2D eigenvalue weighted by Crippen LogP contribution is -2.26. The zero-order valence-electron chi connectivity index (χ0n) is 19.7. The SMILES string of the molecule is CCCCCn1c(Cl)c(CCC(C)C)n(Cc2ccc(-c3ccccc3C(=O)O)cc2)c1=O. The van der Waals surface area contributed by atoms with Crippen LogP contribution in [0.5, 0.6) is 0 Å². The van der Waals surface area contributed by atoms with Crippen molar-refractivity contribution in [2.45, 2.75) is 66.0 Å². The first-order chi connectivity index (χ1) is 15.8. The summed E-state index contributed by atoms with van der Waals surface area (Å²) in [4.78, 5) is 24.8. The van der Waals surface area contributed by atoms with Gasteiger partial charge >= 0.3 is 11.7 Å². The summed E-state index contributed by atoms with van der Waals surface area (Å²) >= 11 is 6.70. The van der Waals surface area contributed by atoms with Gasteiger partial charge in [-0.25, -0.2) is 9.59 Å². The molecule has 1 aromatic heterocycles. The molecule has 0 unspecified atom stereocenters. The first-order valence-corrected chi connectivity index (χ1v) is 12.1. The van der Waals surface area contributed by atoms with Crippen molar-refractivity contribution in [2.75, 3.05) is 0 Å². The molecule has 0 radical (unpaired) electrons. The fourth-order valence-electron chi connectivity index (χ4n) is 4.05. The quantitative estimate of drug-likeness (QED) is 0.327. The van der Waals surface area contributed by atoms with Crippen LogP contribution in [0.2, 0.25) is 5.15 Å². The molecule has 1 heterocycles. The first kappa shape index (κ1) is 24.8. The highest BCUT2D eigenvalue weighted by Gasteiger charge is 2.19. The van der Waals surface area contributed by atoms with Crippen LogP contribution in [0.25, 0.3) is 11.1 Å². The van der Waals surface area contributed by atoms with E-state index in [9.17, 15) is 14.7 Å². The number of unbranched alkanes of at least 4 members (excludes halogenated alkanes) is 2. The molecule has 2 aromatic carbocycles. The van der Waals surface area contributed by atoms with Gasteiger partial charge in [0.25, 0.3) is 0 Å². The molecule has 0 amide bonds. The van der Waals surface area contributed by atoms with E-state index in [1.54, 1.807) is 21.3 Å². The van der Waals surface area contributed by atoms with Crippen molar-refractivity contribution in [1.82, 2.24) is 9.13 Å². The minimum absolute atomic E-state index is 0.0600. The number of benzene rings is 2. The largest absolute Gasteiger partial charge is 0.478 e. The summed E-state index contributed by atoms with van der Waals surface area (Å²) in [5.41, 5.74) is 3.59. The van der Waals surface area contributed by atoms with Crippen molar-refractivity contribution in [3.05, 3.63) is 81.0 Å². The normalized spacial score (nSPS) is 11.3. The third kappa shape index (κ3) is 5.97. The molecule has 0 bridgehead atoms. The van der Waals surface area contributed by atoms with Crippen molar-refractivity contribution in [3.63, 3.8) is 0 Å². The van der Waals surface area contributed by atoms with Crippen LogP contribution in [0.3, 0.4) is 0 Å². The molecule has 176 valence electrons. The summed E-state index contributed by atoms with van der Waals surface area (Å²) in [7, 11) is 0. The van der Waals surface area contributed by atoms with E-state index < -0.39 is 5.97 Å². The number of hydrogen-bond donors (Lipinski definition) is 1. The molecule has 0 saturated heterocycles. The number of carboxylic acid groups (broad SMARTS) is 1. The number of aromatic carboxylic acids is 1. The first-order valence-electron chi connectivity index (χ1n) is 11.7. The topological polar surface area (TPSA) is 64.2 Å². The maximum atomic E-state index is 13.2. The van der Waals surface area contributed by atoms with Crippen molar-refractivity contribution in [3.8, 4) is 11.1 Å². The van der Waals surface area contributed by atoms with Crippen LogP contribution in [0.15, 0.2) is 53.3 Å². The summed E-state index contributed by atoms with van der Waals surface area (Å²) in [6.07, 6.45) is 4.81. The highest BCUT2D eigenvalue weighted by molar-refractivity contribution is 6.30. The van der Waals surface area contributed by atoms with Gasteiger partial charge < -0.3 is 5.11 Å². The van der Waals surface area contributed by atoms with Crippen LogP contribution in [0, 0.1) is 5.92 Å². The Labute approximate surface area is 200 Å². The lowest BCUT2D eigenvalue weighted by atomic mass is 9.98. The molecule has 0 aliphatic rings. The van der Waals surface area contributed by atoms with E-state index in [1.807, 2.05) is 36.4 Å². The van der Waals surface area contributed by atoms with Gasteiger partial charge in [-0.15, -0.1) is 0 Å². The van der Waals surface area contributed by atoms with E-state index in [1.165, 1.54) is 0 Å². The monoisotopic (exact) mass is 468 g/mol. The lowest BCUT2D eigenvalue weighted by molar-refractivity contribution is 0.0697. The smallest absolute Gasteiger partial charge is 0.336 e. The molecule has 1 N–H and O–H groups in total. The zero-order valence-corrected chi connectivity index (χ0v) is 20.4. The second-order valence-electron chi connectivity index (χ2n) is 8.95. The van der Waals surface area contributed by atoms with Gasteiger partial charge in [-0.2, -0.15) is 0 Å². The predicted octanol–water partition coefficient (Wildman–Crippen LogP) is 6.50. The van der Waals surface area contributed by atoms with Crippen LogP contribution in [0.1, 0.15) is 68.1 Å². The highest BCUT2D eigenvalue weighted by Crippen LogP contribution is 2.25. The van der Waals surface area contributed by atoms with Crippen LogP contribution in [-0.4, -0.2) is 20.2 Å². The number of carboxylic acids is 1. The van der Waals surface area contributed by atoms with E-state index in [4.69, 9.17) is 11.6 Å². The van der Waals surface area contributed by atoms with Gasteiger partial charge in [0.2, 0.25) is 0 Å².